The van der Waals surface area contributed by atoms with E-state index in [0.717, 1.165) is 69.2 Å². The van der Waals surface area contributed by atoms with Gasteiger partial charge in [0.25, 0.3) is 0 Å². The van der Waals surface area contributed by atoms with Gasteiger partial charge in [-0.15, -0.1) is 0 Å². The Kier molecular flexibility index (Phi) is 3.26. The van der Waals surface area contributed by atoms with E-state index in [-0.39, 0.29) is 0 Å². The molecule has 0 radical (unpaired) electrons. The third-order valence-corrected chi connectivity index (χ3v) is 5.59. The number of furan rings is 2. The smallest absolute Gasteiger partial charge is 0.235 e. The van der Waals surface area contributed by atoms with Gasteiger partial charge in [0, 0.05) is 16.3 Å². The Hall–Kier alpha value is -1.84. The van der Waals surface area contributed by atoms with E-state index < -0.39 is 5.54 Å². The first kappa shape index (κ1) is 14.7. The average molecular weight is 374 g/mol. The molecular weight excluding hydrogens is 358 g/mol. The average Bonchev–Trinajstić information content (AvgIpc) is 3.19. The van der Waals surface area contributed by atoms with Crippen LogP contribution < -0.4 is 0 Å². The third-order valence-electron chi connectivity index (χ3n) is 4.80. The second-order valence-electron chi connectivity index (χ2n) is 6.33. The van der Waals surface area contributed by atoms with E-state index in [9.17, 15) is 4.79 Å². The van der Waals surface area contributed by atoms with Crippen LogP contribution in [0.2, 0.25) is 0 Å². The van der Waals surface area contributed by atoms with Crippen LogP contribution in [0.25, 0.3) is 21.9 Å². The first-order valence-corrected chi connectivity index (χ1v) is 8.56. The van der Waals surface area contributed by atoms with Gasteiger partial charge in [-0.1, -0.05) is 12.8 Å². The summed E-state index contributed by atoms with van der Waals surface area (Å²) in [7, 11) is 0. The molecule has 4 rings (SSSR count). The molecule has 2 aromatic heterocycles. The van der Waals surface area contributed by atoms with Crippen molar-refractivity contribution >= 4 is 43.9 Å². The number of aliphatic imine (C=N–C) groups is 1. The fourth-order valence-corrected chi connectivity index (χ4v) is 4.49. The summed E-state index contributed by atoms with van der Waals surface area (Å²) in [6.07, 6.45) is 5.55. The molecule has 0 amide bonds. The van der Waals surface area contributed by atoms with E-state index in [2.05, 4.69) is 20.9 Å². The van der Waals surface area contributed by atoms with Crippen molar-refractivity contribution in [1.29, 1.82) is 0 Å². The Morgan fingerprint density at radius 3 is 2.35 bits per heavy atom. The van der Waals surface area contributed by atoms with Gasteiger partial charge in [-0.2, -0.15) is 4.99 Å². The number of aryl methyl sites for hydroxylation is 2. The summed E-state index contributed by atoms with van der Waals surface area (Å²) in [6, 6.07) is 4.00. The second kappa shape index (κ2) is 5.08. The van der Waals surface area contributed by atoms with Crippen molar-refractivity contribution in [2.24, 2.45) is 4.99 Å². The van der Waals surface area contributed by atoms with Gasteiger partial charge in [-0.3, -0.25) is 0 Å². The van der Waals surface area contributed by atoms with Crippen LogP contribution in [0.4, 0.5) is 0 Å². The fraction of sp³-hybridized carbons (Fsp3) is 0.389. The molecule has 1 aliphatic rings. The summed E-state index contributed by atoms with van der Waals surface area (Å²) in [5, 5.41) is 1.93. The normalized spacial score (nSPS) is 17.0. The van der Waals surface area contributed by atoms with Crippen LogP contribution in [-0.2, 0) is 10.3 Å². The minimum Gasteiger partial charge on any atom is -0.461 e. The number of fused-ring (bicyclic) bond motifs is 2. The number of benzene rings is 1. The maximum absolute atomic E-state index is 11.1. The highest BCUT2D eigenvalue weighted by Crippen LogP contribution is 2.50. The van der Waals surface area contributed by atoms with Crippen molar-refractivity contribution in [2.45, 2.75) is 45.1 Å². The largest absolute Gasteiger partial charge is 0.461 e. The molecule has 4 nitrogen and oxygen atoms in total. The van der Waals surface area contributed by atoms with Crippen molar-refractivity contribution in [3.05, 3.63) is 33.7 Å². The van der Waals surface area contributed by atoms with Crippen molar-refractivity contribution in [1.82, 2.24) is 0 Å². The van der Waals surface area contributed by atoms with Crippen molar-refractivity contribution in [3.63, 3.8) is 0 Å². The minimum atomic E-state index is -0.556. The fourth-order valence-electron chi connectivity index (χ4n) is 3.90. The summed E-state index contributed by atoms with van der Waals surface area (Å²) in [6.45, 7) is 3.85. The van der Waals surface area contributed by atoms with E-state index in [1.165, 1.54) is 0 Å². The number of nitrogens with zero attached hydrogens (tertiary/aromatic N) is 1. The summed E-state index contributed by atoms with van der Waals surface area (Å²) >= 11 is 3.65. The molecule has 118 valence electrons. The number of hydrogen-bond donors (Lipinski definition) is 0. The summed E-state index contributed by atoms with van der Waals surface area (Å²) < 4.78 is 12.8. The number of isocyanates is 1. The molecule has 0 saturated heterocycles. The van der Waals surface area contributed by atoms with Crippen LogP contribution in [0.1, 0.15) is 42.8 Å². The zero-order valence-electron chi connectivity index (χ0n) is 13.0. The zero-order chi connectivity index (χ0) is 16.2. The Balaban J connectivity index is 2.22. The number of halogens is 1. The highest BCUT2D eigenvalue weighted by molar-refractivity contribution is 9.10. The molecule has 23 heavy (non-hydrogen) atoms. The maximum atomic E-state index is 11.1. The molecule has 0 atom stereocenters. The quantitative estimate of drug-likeness (QED) is 0.429. The first-order chi connectivity index (χ1) is 11.1. The Labute approximate surface area is 141 Å². The Morgan fingerprint density at radius 1 is 1.09 bits per heavy atom. The molecule has 1 saturated carbocycles. The lowest BCUT2D eigenvalue weighted by molar-refractivity contribution is 0.452. The molecule has 0 spiro atoms. The van der Waals surface area contributed by atoms with Gasteiger partial charge in [-0.25, -0.2) is 4.79 Å². The first-order valence-electron chi connectivity index (χ1n) is 7.77. The molecule has 1 aromatic carbocycles. The molecule has 0 aliphatic heterocycles. The topological polar surface area (TPSA) is 55.7 Å². The maximum Gasteiger partial charge on any atom is 0.235 e. The molecule has 2 heterocycles. The molecule has 3 aromatic rings. The van der Waals surface area contributed by atoms with Gasteiger partial charge < -0.3 is 8.83 Å². The van der Waals surface area contributed by atoms with Crippen molar-refractivity contribution in [2.75, 3.05) is 0 Å². The molecule has 5 heteroatoms. The van der Waals surface area contributed by atoms with E-state index in [1.807, 2.05) is 26.0 Å². The summed E-state index contributed by atoms with van der Waals surface area (Å²) in [4.78, 5) is 15.4. The minimum absolute atomic E-state index is 0.556. The van der Waals surface area contributed by atoms with Crippen LogP contribution in [0.15, 0.2) is 30.4 Å². The summed E-state index contributed by atoms with van der Waals surface area (Å²) in [5.41, 5.74) is 2.00. The van der Waals surface area contributed by atoms with Crippen molar-refractivity contribution < 1.29 is 13.6 Å². The van der Waals surface area contributed by atoms with Crippen LogP contribution >= 0.6 is 15.9 Å². The standard InChI is InChI=1S/C18H16BrNO3/c1-10-7-12-14(18(20-9-21)5-3-4-6-18)16-13(8-11(2)22-16)15(19)17(12)23-10/h7-8H,3-6H2,1-2H3. The van der Waals surface area contributed by atoms with Crippen molar-refractivity contribution in [3.8, 4) is 0 Å². The van der Waals surface area contributed by atoms with Gasteiger partial charge in [0.2, 0.25) is 6.08 Å². The predicted molar refractivity (Wildman–Crippen MR) is 91.4 cm³/mol. The lowest BCUT2D eigenvalue weighted by atomic mass is 9.85. The van der Waals surface area contributed by atoms with E-state index >= 15 is 0 Å². The predicted octanol–water partition coefficient (Wildman–Crippen LogP) is 5.66. The lowest BCUT2D eigenvalue weighted by Gasteiger charge is -2.24. The van der Waals surface area contributed by atoms with Gasteiger partial charge in [-0.05, 0) is 54.8 Å². The summed E-state index contributed by atoms with van der Waals surface area (Å²) in [5.74, 6) is 1.66. The van der Waals surface area contributed by atoms with Gasteiger partial charge >= 0.3 is 0 Å². The Bertz CT molecular complexity index is 912. The molecule has 0 unspecified atom stereocenters. The Morgan fingerprint density at radius 2 is 1.70 bits per heavy atom. The SMILES string of the molecule is Cc1cc2c(C3(N=C=O)CCCC3)c3oc(C)cc3c(Br)c2o1. The number of carbonyl (C=O) groups excluding carboxylic acids is 1. The highest BCUT2D eigenvalue weighted by Gasteiger charge is 2.40. The van der Waals surface area contributed by atoms with Crippen LogP contribution in [0.3, 0.4) is 0 Å². The number of rotatable bonds is 2. The molecule has 1 fully saturated rings. The zero-order valence-corrected chi connectivity index (χ0v) is 14.6. The van der Waals surface area contributed by atoms with Crippen LogP contribution in [0.5, 0.6) is 0 Å². The second-order valence-corrected chi connectivity index (χ2v) is 7.12. The van der Waals surface area contributed by atoms with E-state index in [1.54, 1.807) is 6.08 Å². The van der Waals surface area contributed by atoms with Gasteiger partial charge in [0.05, 0.1) is 4.47 Å². The molecular formula is C18H16BrNO3. The van der Waals surface area contributed by atoms with Crippen LogP contribution in [0, 0.1) is 13.8 Å². The highest BCUT2D eigenvalue weighted by atomic mass is 79.9. The third kappa shape index (κ3) is 2.03. The monoisotopic (exact) mass is 373 g/mol. The molecule has 0 N–H and O–H groups in total. The van der Waals surface area contributed by atoms with E-state index in [0.29, 0.717) is 0 Å². The lowest BCUT2D eigenvalue weighted by Crippen LogP contribution is -2.19. The number of hydrogen-bond acceptors (Lipinski definition) is 4. The molecule has 0 bridgehead atoms. The van der Waals surface area contributed by atoms with Crippen LogP contribution in [-0.4, -0.2) is 6.08 Å². The van der Waals surface area contributed by atoms with E-state index in [4.69, 9.17) is 8.83 Å². The molecule has 1 aliphatic carbocycles. The van der Waals surface area contributed by atoms with Gasteiger partial charge in [0.15, 0.2) is 0 Å². The van der Waals surface area contributed by atoms with Gasteiger partial charge in [0.1, 0.15) is 28.2 Å².